The van der Waals surface area contributed by atoms with Gasteiger partial charge in [-0.1, -0.05) is 53.7 Å². The van der Waals surface area contributed by atoms with Crippen LogP contribution in [0.5, 0.6) is 0 Å². The summed E-state index contributed by atoms with van der Waals surface area (Å²) in [7, 11) is -1.46. The Kier molecular flexibility index (Phi) is 7.76. The van der Waals surface area contributed by atoms with Crippen molar-refractivity contribution < 1.29 is 13.6 Å². The molecule has 190 valence electrons. The first-order valence-electron chi connectivity index (χ1n) is 12.2. The first kappa shape index (κ1) is 25.9. The highest BCUT2D eigenvalue weighted by molar-refractivity contribution is 7.88. The van der Waals surface area contributed by atoms with Crippen molar-refractivity contribution in [3.8, 4) is 0 Å². The molecule has 1 fully saturated rings. The smallest absolute Gasteiger partial charge is 0.250 e. The second kappa shape index (κ2) is 10.8. The zero-order valence-electron chi connectivity index (χ0n) is 21.0. The number of aromatic nitrogens is 1. The summed E-state index contributed by atoms with van der Waals surface area (Å²) in [6.45, 7) is 3.17. The molecule has 2 aromatic carbocycles. The van der Waals surface area contributed by atoms with E-state index in [4.69, 9.17) is 0 Å². The van der Waals surface area contributed by atoms with E-state index in [2.05, 4.69) is 48.5 Å². The molecule has 8 heteroatoms. The Hall–Kier alpha value is -3.23. The van der Waals surface area contributed by atoms with E-state index in [0.717, 1.165) is 29.5 Å². The Balaban J connectivity index is 1.62. The van der Waals surface area contributed by atoms with Crippen LogP contribution < -0.4 is 5.56 Å². The number of piperidine rings is 1. The molecular formula is C28H33N3O4S. The van der Waals surface area contributed by atoms with Gasteiger partial charge in [-0.2, -0.15) is 0 Å². The molecule has 4 rings (SSSR count). The third-order valence-corrected chi connectivity index (χ3v) is 8.54. The van der Waals surface area contributed by atoms with Gasteiger partial charge < -0.3 is 9.77 Å². The fourth-order valence-electron chi connectivity index (χ4n) is 5.08. The zero-order valence-corrected chi connectivity index (χ0v) is 21.8. The minimum Gasteiger partial charge on any atom is -0.411 e. The SMILES string of the molecule is Cc1ccccc1[C@H](C/C(=N\O)c1ccc(=O)n(C)c1)c1ccc(C2CCN(S(C)(=O)=O)CC2)cc1. The molecule has 0 amide bonds. The van der Waals surface area contributed by atoms with Gasteiger partial charge in [0, 0.05) is 50.3 Å². The average Bonchev–Trinajstić information content (AvgIpc) is 2.87. The molecule has 3 aromatic rings. The van der Waals surface area contributed by atoms with Gasteiger partial charge in [0.1, 0.15) is 0 Å². The largest absolute Gasteiger partial charge is 0.411 e. The number of rotatable bonds is 7. The second-order valence-electron chi connectivity index (χ2n) is 9.63. The Labute approximate surface area is 212 Å². The molecule has 0 saturated carbocycles. The van der Waals surface area contributed by atoms with E-state index < -0.39 is 10.0 Å². The monoisotopic (exact) mass is 507 g/mol. The summed E-state index contributed by atoms with van der Waals surface area (Å²) in [5.41, 5.74) is 5.71. The van der Waals surface area contributed by atoms with E-state index >= 15 is 0 Å². The van der Waals surface area contributed by atoms with Crippen molar-refractivity contribution in [3.63, 3.8) is 0 Å². The summed E-state index contributed by atoms with van der Waals surface area (Å²) < 4.78 is 26.7. The predicted molar refractivity (Wildman–Crippen MR) is 142 cm³/mol. The summed E-state index contributed by atoms with van der Waals surface area (Å²) in [6, 6.07) is 19.9. The van der Waals surface area contributed by atoms with Gasteiger partial charge in [0.15, 0.2) is 0 Å². The molecule has 0 unspecified atom stereocenters. The summed E-state index contributed by atoms with van der Waals surface area (Å²) >= 11 is 0. The van der Waals surface area contributed by atoms with Crippen molar-refractivity contribution >= 4 is 15.7 Å². The number of sulfonamides is 1. The molecule has 7 nitrogen and oxygen atoms in total. The van der Waals surface area contributed by atoms with E-state index in [1.54, 1.807) is 23.6 Å². The molecule has 0 aliphatic carbocycles. The number of hydrogen-bond donors (Lipinski definition) is 1. The van der Waals surface area contributed by atoms with E-state index in [9.17, 15) is 18.4 Å². The third kappa shape index (κ3) is 5.77. The lowest BCUT2D eigenvalue weighted by Crippen LogP contribution is -2.37. The average molecular weight is 508 g/mol. The molecule has 1 atom stereocenters. The molecule has 1 aliphatic heterocycles. The molecule has 1 aliphatic rings. The number of oxime groups is 1. The van der Waals surface area contributed by atoms with Crippen molar-refractivity contribution in [3.05, 3.63) is 105 Å². The van der Waals surface area contributed by atoms with E-state index in [1.165, 1.54) is 22.5 Å². The lowest BCUT2D eigenvalue weighted by molar-refractivity contribution is 0.317. The fraction of sp³-hybridized carbons (Fsp3) is 0.357. The normalized spacial score (nSPS) is 16.7. The maximum absolute atomic E-state index is 11.8. The van der Waals surface area contributed by atoms with Crippen LogP contribution in [0, 0.1) is 6.92 Å². The minimum absolute atomic E-state index is 0.0459. The summed E-state index contributed by atoms with van der Waals surface area (Å²) in [5, 5.41) is 13.5. The molecule has 1 saturated heterocycles. The van der Waals surface area contributed by atoms with Crippen LogP contribution in [0.4, 0.5) is 0 Å². The molecule has 1 aromatic heterocycles. The first-order valence-corrected chi connectivity index (χ1v) is 14.0. The van der Waals surface area contributed by atoms with Gasteiger partial charge in [-0.3, -0.25) is 4.79 Å². The van der Waals surface area contributed by atoms with Crippen LogP contribution >= 0.6 is 0 Å². The van der Waals surface area contributed by atoms with Gasteiger partial charge in [-0.25, -0.2) is 12.7 Å². The lowest BCUT2D eigenvalue weighted by atomic mass is 9.82. The highest BCUT2D eigenvalue weighted by Crippen LogP contribution is 2.34. The Morgan fingerprint density at radius 2 is 1.72 bits per heavy atom. The topological polar surface area (TPSA) is 92.0 Å². The quantitative estimate of drug-likeness (QED) is 0.294. The van der Waals surface area contributed by atoms with Crippen molar-refractivity contribution in [1.29, 1.82) is 0 Å². The molecule has 0 spiro atoms. The number of nitrogens with zero attached hydrogens (tertiary/aromatic N) is 3. The second-order valence-corrected chi connectivity index (χ2v) is 11.6. The van der Waals surface area contributed by atoms with E-state index in [0.29, 0.717) is 36.7 Å². The van der Waals surface area contributed by atoms with Crippen molar-refractivity contribution in [2.24, 2.45) is 12.2 Å². The van der Waals surface area contributed by atoms with Crippen LogP contribution in [0.2, 0.25) is 0 Å². The number of benzene rings is 2. The van der Waals surface area contributed by atoms with Crippen LogP contribution in [-0.2, 0) is 17.1 Å². The van der Waals surface area contributed by atoms with E-state index in [1.807, 2.05) is 12.1 Å². The summed E-state index contributed by atoms with van der Waals surface area (Å²) in [5.74, 6) is 0.282. The van der Waals surface area contributed by atoms with Crippen molar-refractivity contribution in [2.75, 3.05) is 19.3 Å². The highest BCUT2D eigenvalue weighted by Gasteiger charge is 2.26. The maximum Gasteiger partial charge on any atom is 0.250 e. The van der Waals surface area contributed by atoms with Gasteiger partial charge in [0.2, 0.25) is 15.6 Å². The molecular weight excluding hydrogens is 474 g/mol. The molecule has 1 N–H and O–H groups in total. The molecule has 2 heterocycles. The first-order chi connectivity index (χ1) is 17.2. The Morgan fingerprint density at radius 1 is 1.06 bits per heavy atom. The fourth-order valence-corrected chi connectivity index (χ4v) is 5.95. The predicted octanol–water partition coefficient (Wildman–Crippen LogP) is 4.23. The van der Waals surface area contributed by atoms with Gasteiger partial charge in [-0.15, -0.1) is 0 Å². The zero-order chi connectivity index (χ0) is 25.9. The number of hydrogen-bond acceptors (Lipinski definition) is 5. The van der Waals surface area contributed by atoms with Crippen LogP contribution in [0.3, 0.4) is 0 Å². The van der Waals surface area contributed by atoms with Crippen LogP contribution in [0.1, 0.15) is 58.9 Å². The van der Waals surface area contributed by atoms with Crippen molar-refractivity contribution in [2.45, 2.75) is 38.0 Å². The van der Waals surface area contributed by atoms with Crippen molar-refractivity contribution in [1.82, 2.24) is 8.87 Å². The van der Waals surface area contributed by atoms with Gasteiger partial charge in [-0.05, 0) is 54.0 Å². The number of aryl methyl sites for hydroxylation is 2. The Morgan fingerprint density at radius 3 is 2.31 bits per heavy atom. The third-order valence-electron chi connectivity index (χ3n) is 7.23. The van der Waals surface area contributed by atoms with Crippen LogP contribution in [0.15, 0.2) is 76.8 Å². The number of pyridine rings is 1. The summed E-state index contributed by atoms with van der Waals surface area (Å²) in [6.07, 6.45) is 5.04. The van der Waals surface area contributed by atoms with Crippen LogP contribution in [-0.4, -0.2) is 47.6 Å². The molecule has 0 radical (unpaired) electrons. The van der Waals surface area contributed by atoms with Gasteiger partial charge in [0.05, 0.1) is 12.0 Å². The highest BCUT2D eigenvalue weighted by atomic mass is 32.2. The van der Waals surface area contributed by atoms with Crippen LogP contribution in [0.25, 0.3) is 0 Å². The standard InChI is InChI=1S/C28H33N3O4S/c1-20-6-4-5-7-25(20)26(18-27(29-33)24-12-13-28(32)30(2)19-24)23-10-8-21(9-11-23)22-14-16-31(17-15-22)36(3,34)35/h4-13,19,22,26,33H,14-18H2,1-3H3/b29-27+/t26-/m1/s1. The van der Waals surface area contributed by atoms with Gasteiger partial charge in [0.25, 0.3) is 0 Å². The van der Waals surface area contributed by atoms with Gasteiger partial charge >= 0.3 is 0 Å². The molecule has 0 bridgehead atoms. The summed E-state index contributed by atoms with van der Waals surface area (Å²) in [4.78, 5) is 11.8. The molecule has 36 heavy (non-hydrogen) atoms. The minimum atomic E-state index is -3.14. The maximum atomic E-state index is 11.8. The lowest BCUT2D eigenvalue weighted by Gasteiger charge is -2.30. The Bertz CT molecular complexity index is 1400. The van der Waals surface area contributed by atoms with E-state index in [-0.39, 0.29) is 11.5 Å².